The minimum Gasteiger partial charge on any atom is -0.214 e. The molecule has 0 amide bonds. The van der Waals surface area contributed by atoms with Crippen molar-refractivity contribution < 1.29 is 17.1 Å². The smallest absolute Gasteiger partial charge is 0.214 e. The predicted octanol–water partition coefficient (Wildman–Crippen LogP) is 4.90. The molecule has 4 heteroatoms. The average molecular weight is 327 g/mol. The molecule has 0 aliphatic rings. The van der Waals surface area contributed by atoms with Crippen LogP contribution < -0.4 is 0 Å². The molecule has 2 aromatic rings. The topological polar surface area (TPSA) is 0 Å². The monoisotopic (exact) mass is 326 g/mol. The summed E-state index contributed by atoms with van der Waals surface area (Å²) in [5.74, 6) is 0. The van der Waals surface area contributed by atoms with E-state index >= 15 is 0 Å². The van der Waals surface area contributed by atoms with Crippen molar-refractivity contribution >= 4 is 28.9 Å². The first-order valence-corrected chi connectivity index (χ1v) is 10.1. The molecule has 0 spiro atoms. The van der Waals surface area contributed by atoms with Gasteiger partial charge in [-0.3, -0.25) is 0 Å². The molecule has 0 N–H and O–H groups in total. The Morgan fingerprint density at radius 2 is 1.59 bits per heavy atom. The SMILES string of the molecule is C[Si](Cl)(Cl)CC[c-]1cccc1.[Fe+2].c1cc[cH-]c1. The van der Waals surface area contributed by atoms with Gasteiger partial charge >= 0.3 is 17.1 Å². The van der Waals surface area contributed by atoms with Crippen LogP contribution in [0.25, 0.3) is 0 Å². The summed E-state index contributed by atoms with van der Waals surface area (Å²) in [6.45, 7) is 0.0885. The maximum absolute atomic E-state index is 5.95. The van der Waals surface area contributed by atoms with Crippen LogP contribution in [0.15, 0.2) is 54.6 Å². The van der Waals surface area contributed by atoms with Crippen LogP contribution in [0, 0.1) is 0 Å². The Hall–Kier alpha value is 0.0164. The molecule has 0 fully saturated rings. The molecule has 0 aliphatic carbocycles. The molecule has 0 saturated carbocycles. The van der Waals surface area contributed by atoms with Gasteiger partial charge in [-0.15, -0.1) is 22.2 Å². The maximum Gasteiger partial charge on any atom is 2.00 e. The van der Waals surface area contributed by atoms with Gasteiger partial charge in [-0.2, -0.15) is 35.9 Å². The van der Waals surface area contributed by atoms with E-state index < -0.39 is 6.69 Å². The van der Waals surface area contributed by atoms with Crippen molar-refractivity contribution in [2.75, 3.05) is 0 Å². The zero-order valence-corrected chi connectivity index (χ0v) is 13.3. The van der Waals surface area contributed by atoms with Gasteiger partial charge < -0.3 is 0 Å². The van der Waals surface area contributed by atoms with Crippen molar-refractivity contribution in [3.63, 3.8) is 0 Å². The van der Waals surface area contributed by atoms with Crippen LogP contribution in [0.1, 0.15) is 5.56 Å². The van der Waals surface area contributed by atoms with Gasteiger partial charge in [-0.1, -0.05) is 6.42 Å². The van der Waals surface area contributed by atoms with Gasteiger partial charge in [-0.25, -0.2) is 24.3 Å². The van der Waals surface area contributed by atoms with Crippen molar-refractivity contribution in [1.82, 2.24) is 0 Å². The van der Waals surface area contributed by atoms with Crippen molar-refractivity contribution in [1.29, 1.82) is 0 Å². The molecule has 94 valence electrons. The standard InChI is InChI=1S/C8H11Cl2Si.C5H5.Fe/c1-11(9,10)7-6-8-4-2-3-5-8;1-2-4-5-3-1;/h2-5H,6-7H2,1H3;1-5H;/q2*-1;+2. The molecular formula is C13H16Cl2FeSi. The quantitative estimate of drug-likeness (QED) is 0.427. The summed E-state index contributed by atoms with van der Waals surface area (Å²) < 4.78 is 0. The summed E-state index contributed by atoms with van der Waals surface area (Å²) >= 11 is 11.9. The minimum atomic E-state index is -1.87. The number of aryl methyl sites for hydroxylation is 1. The zero-order chi connectivity index (χ0) is 11.9. The molecule has 0 bridgehead atoms. The van der Waals surface area contributed by atoms with Crippen LogP contribution >= 0.6 is 22.2 Å². The Kier molecular flexibility index (Phi) is 9.02. The van der Waals surface area contributed by atoms with E-state index in [2.05, 4.69) is 12.1 Å². The fourth-order valence-corrected chi connectivity index (χ4v) is 2.56. The van der Waals surface area contributed by atoms with Crippen molar-refractivity contribution in [3.8, 4) is 0 Å². The predicted molar refractivity (Wildman–Crippen MR) is 75.9 cm³/mol. The Labute approximate surface area is 125 Å². The second-order valence-electron chi connectivity index (χ2n) is 3.83. The molecule has 0 nitrogen and oxygen atoms in total. The molecule has 0 atom stereocenters. The first-order valence-electron chi connectivity index (χ1n) is 5.33. The van der Waals surface area contributed by atoms with Gasteiger partial charge in [0.15, 0.2) is 0 Å². The summed E-state index contributed by atoms with van der Waals surface area (Å²) in [7, 11) is 0. The summed E-state index contributed by atoms with van der Waals surface area (Å²) in [6, 6.07) is 19.2. The van der Waals surface area contributed by atoms with E-state index in [4.69, 9.17) is 22.2 Å². The van der Waals surface area contributed by atoms with E-state index in [0.717, 1.165) is 12.5 Å². The van der Waals surface area contributed by atoms with Crippen molar-refractivity contribution in [2.24, 2.45) is 0 Å². The Bertz CT molecular complexity index is 332. The van der Waals surface area contributed by atoms with Crippen LogP contribution in [-0.2, 0) is 23.5 Å². The molecular weight excluding hydrogens is 311 g/mol. The average Bonchev–Trinajstić information content (AvgIpc) is 2.90. The number of hydrogen-bond acceptors (Lipinski definition) is 0. The summed E-state index contributed by atoms with van der Waals surface area (Å²) in [4.78, 5) is 0. The van der Waals surface area contributed by atoms with E-state index in [1.807, 2.05) is 49.0 Å². The van der Waals surface area contributed by atoms with E-state index in [9.17, 15) is 0 Å². The molecule has 0 unspecified atom stereocenters. The summed E-state index contributed by atoms with van der Waals surface area (Å²) in [5.41, 5.74) is 1.34. The third-order valence-electron chi connectivity index (χ3n) is 2.14. The van der Waals surface area contributed by atoms with Gasteiger partial charge in [0, 0.05) is 0 Å². The van der Waals surface area contributed by atoms with Crippen LogP contribution in [0.2, 0.25) is 12.6 Å². The fraction of sp³-hybridized carbons (Fsp3) is 0.231. The third kappa shape index (κ3) is 9.69. The van der Waals surface area contributed by atoms with Crippen LogP contribution in [0.5, 0.6) is 0 Å². The summed E-state index contributed by atoms with van der Waals surface area (Å²) in [6.07, 6.45) is 1.02. The molecule has 0 saturated heterocycles. The molecule has 0 aliphatic heterocycles. The largest absolute Gasteiger partial charge is 2.00 e. The first kappa shape index (κ1) is 17.0. The second-order valence-corrected chi connectivity index (χ2v) is 12.1. The Balaban J connectivity index is 0.000000360. The fourth-order valence-electron chi connectivity index (χ4n) is 1.27. The minimum absolute atomic E-state index is 0. The molecule has 0 radical (unpaired) electrons. The Morgan fingerprint density at radius 3 is 1.94 bits per heavy atom. The van der Waals surface area contributed by atoms with E-state index in [-0.39, 0.29) is 17.1 Å². The van der Waals surface area contributed by atoms with Gasteiger partial charge in [0.1, 0.15) is 0 Å². The Morgan fingerprint density at radius 1 is 1.06 bits per heavy atom. The first-order chi connectivity index (χ1) is 7.58. The number of halogens is 2. The molecule has 2 rings (SSSR count). The van der Waals surface area contributed by atoms with Crippen LogP contribution in [0.4, 0.5) is 0 Å². The van der Waals surface area contributed by atoms with Gasteiger partial charge in [0.2, 0.25) is 6.69 Å². The van der Waals surface area contributed by atoms with Crippen molar-refractivity contribution in [2.45, 2.75) is 19.0 Å². The molecule has 17 heavy (non-hydrogen) atoms. The normalized spacial score (nSPS) is 10.1. The van der Waals surface area contributed by atoms with Crippen molar-refractivity contribution in [3.05, 3.63) is 60.2 Å². The zero-order valence-electron chi connectivity index (χ0n) is 9.72. The number of rotatable bonds is 3. The van der Waals surface area contributed by atoms with Gasteiger partial charge in [0.25, 0.3) is 0 Å². The third-order valence-corrected chi connectivity index (χ3v) is 4.40. The van der Waals surface area contributed by atoms with Crippen LogP contribution in [0.3, 0.4) is 0 Å². The number of hydrogen-bond donors (Lipinski definition) is 0. The van der Waals surface area contributed by atoms with Gasteiger partial charge in [0.05, 0.1) is 0 Å². The van der Waals surface area contributed by atoms with E-state index in [0.29, 0.717) is 0 Å². The molecule has 0 aromatic heterocycles. The van der Waals surface area contributed by atoms with Crippen LogP contribution in [-0.4, -0.2) is 6.69 Å². The molecule has 0 heterocycles. The van der Waals surface area contributed by atoms with E-state index in [1.165, 1.54) is 5.56 Å². The summed E-state index contributed by atoms with van der Waals surface area (Å²) in [5, 5.41) is 0. The second kappa shape index (κ2) is 9.01. The van der Waals surface area contributed by atoms with E-state index in [1.54, 1.807) is 0 Å². The molecule has 2 aromatic carbocycles. The maximum atomic E-state index is 5.95. The van der Waals surface area contributed by atoms with Gasteiger partial charge in [-0.05, 0) is 12.6 Å².